The van der Waals surface area contributed by atoms with Crippen LogP contribution in [0.3, 0.4) is 0 Å². The fourth-order valence-electron chi connectivity index (χ4n) is 2.86. The third kappa shape index (κ3) is 5.67. The van der Waals surface area contributed by atoms with Gasteiger partial charge in [-0.3, -0.25) is 9.10 Å². The Morgan fingerprint density at radius 1 is 0.971 bits per heavy atom. The van der Waals surface area contributed by atoms with E-state index in [2.05, 4.69) is 5.32 Å². The molecule has 0 saturated heterocycles. The van der Waals surface area contributed by atoms with Gasteiger partial charge in [-0.15, -0.1) is 0 Å². The summed E-state index contributed by atoms with van der Waals surface area (Å²) in [6.07, 6.45) is 0. The Morgan fingerprint density at radius 3 is 2.32 bits per heavy atom. The van der Waals surface area contributed by atoms with Gasteiger partial charge in [0.05, 0.1) is 23.3 Å². The van der Waals surface area contributed by atoms with E-state index in [1.54, 1.807) is 24.3 Å². The maximum Gasteiger partial charge on any atom is 0.338 e. The second kappa shape index (κ2) is 10.3. The minimum Gasteiger partial charge on any atom is -0.497 e. The van der Waals surface area contributed by atoms with Gasteiger partial charge in [0, 0.05) is 18.8 Å². The van der Waals surface area contributed by atoms with Crippen LogP contribution < -0.4 is 14.4 Å². The summed E-state index contributed by atoms with van der Waals surface area (Å²) in [5, 5.41) is 2.26. The molecule has 0 bridgehead atoms. The van der Waals surface area contributed by atoms with Crippen molar-refractivity contribution in [3.05, 3.63) is 83.9 Å². The second-order valence-electron chi connectivity index (χ2n) is 6.95. The topological polar surface area (TPSA) is 102 Å². The molecular weight excluding hydrogens is 470 g/mol. The van der Waals surface area contributed by atoms with Crippen LogP contribution in [0.25, 0.3) is 0 Å². The molecule has 0 atom stereocenters. The number of anilines is 2. The number of carbonyl (C=O) groups excluding carboxylic acids is 2. The molecule has 0 fully saturated rings. The molecule has 3 rings (SSSR count). The SMILES string of the molecule is COc1ccc(N(C)S(=O)(=O)c2cccc(C(=O)OCC(=O)Nc3ccc(F)c(F)c3)c2)cc1. The van der Waals surface area contributed by atoms with Crippen molar-refractivity contribution in [1.29, 1.82) is 0 Å². The number of hydrogen-bond acceptors (Lipinski definition) is 6. The van der Waals surface area contributed by atoms with Gasteiger partial charge in [-0.25, -0.2) is 22.0 Å². The second-order valence-corrected chi connectivity index (χ2v) is 8.92. The molecule has 0 aromatic heterocycles. The van der Waals surface area contributed by atoms with Crippen LogP contribution >= 0.6 is 0 Å². The fraction of sp³-hybridized carbons (Fsp3) is 0.130. The van der Waals surface area contributed by atoms with E-state index in [4.69, 9.17) is 9.47 Å². The highest BCUT2D eigenvalue weighted by atomic mass is 32.2. The van der Waals surface area contributed by atoms with Crippen molar-refractivity contribution in [2.24, 2.45) is 0 Å². The predicted molar refractivity (Wildman–Crippen MR) is 120 cm³/mol. The standard InChI is InChI=1S/C23H20F2N2O6S/c1-27(17-7-9-18(32-2)10-8-17)34(30,31)19-5-3-4-15(12-19)23(29)33-14-22(28)26-16-6-11-20(24)21(25)13-16/h3-13H,14H2,1-2H3,(H,26,28). The summed E-state index contributed by atoms with van der Waals surface area (Å²) >= 11 is 0. The normalized spacial score (nSPS) is 10.9. The molecule has 0 spiro atoms. The first-order valence-electron chi connectivity index (χ1n) is 9.77. The molecule has 0 aliphatic heterocycles. The number of hydrogen-bond donors (Lipinski definition) is 1. The number of amides is 1. The lowest BCUT2D eigenvalue weighted by Crippen LogP contribution is -2.27. The average molecular weight is 490 g/mol. The Morgan fingerprint density at radius 2 is 1.68 bits per heavy atom. The van der Waals surface area contributed by atoms with Gasteiger partial charge in [0.1, 0.15) is 5.75 Å². The Hall–Kier alpha value is -3.99. The summed E-state index contributed by atoms with van der Waals surface area (Å²) < 4.78 is 63.2. The molecular formula is C23H20F2N2O6S. The Labute approximate surface area is 194 Å². The number of nitrogens with one attached hydrogen (secondary N) is 1. The van der Waals surface area contributed by atoms with E-state index < -0.39 is 40.1 Å². The molecule has 3 aromatic rings. The zero-order valence-corrected chi connectivity index (χ0v) is 18.9. The quantitative estimate of drug-likeness (QED) is 0.484. The van der Waals surface area contributed by atoms with E-state index in [9.17, 15) is 26.8 Å². The van der Waals surface area contributed by atoms with Crippen LogP contribution in [0, 0.1) is 11.6 Å². The minimum atomic E-state index is -4.01. The van der Waals surface area contributed by atoms with Gasteiger partial charge in [0.15, 0.2) is 18.2 Å². The molecule has 0 aliphatic rings. The number of nitrogens with zero attached hydrogens (tertiary/aromatic N) is 1. The van der Waals surface area contributed by atoms with Crippen molar-refractivity contribution in [3.63, 3.8) is 0 Å². The highest BCUT2D eigenvalue weighted by Crippen LogP contribution is 2.25. The van der Waals surface area contributed by atoms with Crippen LogP contribution in [0.4, 0.5) is 20.2 Å². The van der Waals surface area contributed by atoms with Gasteiger partial charge in [-0.1, -0.05) is 6.07 Å². The van der Waals surface area contributed by atoms with Crippen molar-refractivity contribution in [2.75, 3.05) is 30.4 Å². The summed E-state index contributed by atoms with van der Waals surface area (Å²) in [6.45, 7) is -0.722. The van der Waals surface area contributed by atoms with Gasteiger partial charge < -0.3 is 14.8 Å². The van der Waals surface area contributed by atoms with Crippen molar-refractivity contribution in [1.82, 2.24) is 0 Å². The van der Waals surface area contributed by atoms with Crippen LogP contribution in [0.5, 0.6) is 5.75 Å². The highest BCUT2D eigenvalue weighted by Gasteiger charge is 2.23. The maximum absolute atomic E-state index is 13.2. The zero-order chi connectivity index (χ0) is 24.9. The molecule has 1 N–H and O–H groups in total. The lowest BCUT2D eigenvalue weighted by molar-refractivity contribution is -0.119. The van der Waals surface area contributed by atoms with E-state index in [-0.39, 0.29) is 16.1 Å². The lowest BCUT2D eigenvalue weighted by atomic mass is 10.2. The smallest absolute Gasteiger partial charge is 0.338 e. The number of sulfonamides is 1. The van der Waals surface area contributed by atoms with E-state index in [0.717, 1.165) is 28.6 Å². The summed E-state index contributed by atoms with van der Waals surface area (Å²) in [4.78, 5) is 24.1. The van der Waals surface area contributed by atoms with Crippen molar-refractivity contribution < 1.29 is 36.3 Å². The van der Waals surface area contributed by atoms with Crippen molar-refractivity contribution in [3.8, 4) is 5.75 Å². The largest absolute Gasteiger partial charge is 0.497 e. The Bertz CT molecular complexity index is 1310. The van der Waals surface area contributed by atoms with Crippen LogP contribution in [0.15, 0.2) is 71.6 Å². The lowest BCUT2D eigenvalue weighted by Gasteiger charge is -2.20. The molecule has 0 unspecified atom stereocenters. The van der Waals surface area contributed by atoms with Gasteiger partial charge in [-0.2, -0.15) is 0 Å². The molecule has 11 heteroatoms. The summed E-state index contributed by atoms with van der Waals surface area (Å²) in [5.74, 6) is -3.39. The highest BCUT2D eigenvalue weighted by molar-refractivity contribution is 7.92. The third-order valence-corrected chi connectivity index (χ3v) is 6.48. The van der Waals surface area contributed by atoms with Crippen LogP contribution in [0.1, 0.15) is 10.4 Å². The number of ether oxygens (including phenoxy) is 2. The molecule has 0 saturated carbocycles. The number of carbonyl (C=O) groups is 2. The van der Waals surface area contributed by atoms with Gasteiger partial charge in [-0.05, 0) is 54.6 Å². The van der Waals surface area contributed by atoms with Crippen molar-refractivity contribution >= 4 is 33.3 Å². The predicted octanol–water partition coefficient (Wildman–Crippen LogP) is 3.59. The average Bonchev–Trinajstić information content (AvgIpc) is 2.84. The summed E-state index contributed by atoms with van der Waals surface area (Å²) in [6, 6.07) is 14.3. The number of halogens is 2. The van der Waals surface area contributed by atoms with E-state index in [1.807, 2.05) is 0 Å². The fourth-order valence-corrected chi connectivity index (χ4v) is 4.10. The Balaban J connectivity index is 1.67. The Kier molecular flexibility index (Phi) is 7.47. The molecule has 178 valence electrons. The van der Waals surface area contributed by atoms with Crippen LogP contribution in [-0.2, 0) is 19.6 Å². The van der Waals surface area contributed by atoms with E-state index in [1.165, 1.54) is 32.4 Å². The van der Waals surface area contributed by atoms with Crippen LogP contribution in [0.2, 0.25) is 0 Å². The number of rotatable bonds is 8. The molecule has 34 heavy (non-hydrogen) atoms. The van der Waals surface area contributed by atoms with E-state index >= 15 is 0 Å². The molecule has 0 heterocycles. The molecule has 0 radical (unpaired) electrons. The molecule has 1 amide bonds. The summed E-state index contributed by atoms with van der Waals surface area (Å²) in [5.41, 5.74) is 0.266. The number of benzene rings is 3. The number of esters is 1. The first-order valence-corrected chi connectivity index (χ1v) is 11.2. The monoisotopic (exact) mass is 490 g/mol. The van der Waals surface area contributed by atoms with Gasteiger partial charge in [0.2, 0.25) is 0 Å². The van der Waals surface area contributed by atoms with Gasteiger partial charge >= 0.3 is 5.97 Å². The molecule has 3 aromatic carbocycles. The first-order chi connectivity index (χ1) is 16.1. The molecule has 0 aliphatic carbocycles. The zero-order valence-electron chi connectivity index (χ0n) is 18.1. The third-order valence-electron chi connectivity index (χ3n) is 4.70. The maximum atomic E-state index is 13.2. The molecule has 8 nitrogen and oxygen atoms in total. The minimum absolute atomic E-state index is 0.0189. The van der Waals surface area contributed by atoms with Crippen molar-refractivity contribution in [2.45, 2.75) is 4.90 Å². The van der Waals surface area contributed by atoms with Gasteiger partial charge in [0.25, 0.3) is 15.9 Å². The first kappa shape index (κ1) is 24.6. The number of methoxy groups -OCH3 is 1. The van der Waals surface area contributed by atoms with E-state index in [0.29, 0.717) is 11.4 Å². The van der Waals surface area contributed by atoms with Crippen LogP contribution in [-0.4, -0.2) is 41.1 Å². The summed E-state index contributed by atoms with van der Waals surface area (Å²) in [7, 11) is -1.15.